The van der Waals surface area contributed by atoms with Crippen LogP contribution in [0, 0.1) is 0 Å². The molecule has 0 aliphatic heterocycles. The van der Waals surface area contributed by atoms with Gasteiger partial charge in [0.2, 0.25) is 0 Å². The first-order valence-electron chi connectivity index (χ1n) is 9.42. The third-order valence-corrected chi connectivity index (χ3v) is 4.81. The molecule has 1 heterocycles. The minimum Gasteiger partial charge on any atom is -0.341 e. The summed E-state index contributed by atoms with van der Waals surface area (Å²) in [5.41, 5.74) is 5.91. The van der Waals surface area contributed by atoms with Crippen LogP contribution in [0.3, 0.4) is 0 Å². The molecule has 0 saturated heterocycles. The summed E-state index contributed by atoms with van der Waals surface area (Å²) in [6.45, 7) is 0. The molecule has 0 unspecified atom stereocenters. The third kappa shape index (κ3) is 4.14. The van der Waals surface area contributed by atoms with Crippen LogP contribution in [0.15, 0.2) is 89.5 Å². The molecule has 3 aromatic carbocycles. The van der Waals surface area contributed by atoms with E-state index in [-0.39, 0.29) is 0 Å². The quantitative estimate of drug-likeness (QED) is 0.384. The van der Waals surface area contributed by atoms with Crippen LogP contribution in [-0.2, 0) is 12.8 Å². The lowest BCUT2D eigenvalue weighted by atomic mass is 9.95. The maximum absolute atomic E-state index is 5.40. The summed E-state index contributed by atoms with van der Waals surface area (Å²) in [5.74, 6) is 0.873. The van der Waals surface area contributed by atoms with Gasteiger partial charge in [0.1, 0.15) is 5.69 Å². The number of nitrogens with zero attached hydrogens (tertiary/aromatic N) is 2. The normalized spacial score (nSPS) is 10.8. The van der Waals surface area contributed by atoms with Crippen LogP contribution in [0.2, 0.25) is 0 Å². The van der Waals surface area contributed by atoms with Gasteiger partial charge in [-0.1, -0.05) is 84.9 Å². The molecule has 0 bridgehead atoms. The molecule has 27 heavy (non-hydrogen) atoms. The van der Waals surface area contributed by atoms with Crippen molar-refractivity contribution in [3.8, 4) is 22.4 Å². The molecule has 0 aliphatic carbocycles. The number of aryl methyl sites for hydroxylation is 2. The van der Waals surface area contributed by atoms with E-state index >= 15 is 0 Å². The number of unbranched alkanes of at least 4 members (excludes halogenated alkanes) is 1. The first kappa shape index (κ1) is 17.2. The molecule has 0 N–H and O–H groups in total. The van der Waals surface area contributed by atoms with E-state index in [9.17, 15) is 0 Å². The van der Waals surface area contributed by atoms with E-state index in [0.29, 0.717) is 0 Å². The van der Waals surface area contributed by atoms with Crippen LogP contribution in [0.25, 0.3) is 22.4 Å². The highest BCUT2D eigenvalue weighted by molar-refractivity contribution is 5.67. The molecule has 0 atom stereocenters. The van der Waals surface area contributed by atoms with Crippen LogP contribution in [0.1, 0.15) is 24.2 Å². The molecule has 0 aliphatic rings. The lowest BCUT2D eigenvalue weighted by Gasteiger charge is -2.09. The van der Waals surface area contributed by atoms with E-state index < -0.39 is 0 Å². The number of benzene rings is 3. The highest BCUT2D eigenvalue weighted by Gasteiger charge is 2.12. The van der Waals surface area contributed by atoms with E-state index in [2.05, 4.69) is 65.0 Å². The van der Waals surface area contributed by atoms with Crippen molar-refractivity contribution in [1.29, 1.82) is 0 Å². The molecule has 0 spiro atoms. The van der Waals surface area contributed by atoms with Gasteiger partial charge in [-0.15, -0.1) is 5.10 Å². The van der Waals surface area contributed by atoms with Crippen LogP contribution >= 0.6 is 0 Å². The Balaban J connectivity index is 1.39. The second kappa shape index (κ2) is 8.45. The minimum absolute atomic E-state index is 0.852. The molecule has 4 rings (SSSR count). The Kier molecular flexibility index (Phi) is 5.39. The molecule has 1 aromatic heterocycles. The summed E-state index contributed by atoms with van der Waals surface area (Å²) in [6.07, 6.45) is 4.04. The van der Waals surface area contributed by atoms with Gasteiger partial charge in [-0.25, -0.2) is 0 Å². The fourth-order valence-corrected chi connectivity index (χ4v) is 3.43. The van der Waals surface area contributed by atoms with Crippen molar-refractivity contribution in [3.05, 3.63) is 96.3 Å². The van der Waals surface area contributed by atoms with Gasteiger partial charge < -0.3 is 4.52 Å². The van der Waals surface area contributed by atoms with Crippen molar-refractivity contribution in [3.63, 3.8) is 0 Å². The van der Waals surface area contributed by atoms with Crippen LogP contribution in [0.4, 0.5) is 0 Å². The standard InChI is InChI=1S/C24H22N2O/c1-3-11-19(12-4-1)22-17-9-7-13-20(22)14-8-10-18-23-24(25-26-27-23)21-15-5-2-6-16-21/h1-7,9,11-13,15-17H,8,10,14,18H2. The van der Waals surface area contributed by atoms with Gasteiger partial charge in [0.25, 0.3) is 0 Å². The Morgan fingerprint density at radius 1 is 0.630 bits per heavy atom. The van der Waals surface area contributed by atoms with E-state index in [1.54, 1.807) is 0 Å². The highest BCUT2D eigenvalue weighted by Crippen LogP contribution is 2.26. The van der Waals surface area contributed by atoms with E-state index in [1.165, 1.54) is 16.7 Å². The number of hydrogen-bond donors (Lipinski definition) is 0. The molecule has 3 nitrogen and oxygen atoms in total. The van der Waals surface area contributed by atoms with Crippen molar-refractivity contribution in [2.45, 2.75) is 25.7 Å². The van der Waals surface area contributed by atoms with Crippen LogP contribution < -0.4 is 0 Å². The molecule has 134 valence electrons. The summed E-state index contributed by atoms with van der Waals surface area (Å²) < 4.78 is 5.40. The minimum atomic E-state index is 0.852. The molecule has 0 fully saturated rings. The Bertz CT molecular complexity index is 977. The van der Waals surface area contributed by atoms with Gasteiger partial charge in [-0.3, -0.25) is 0 Å². The van der Waals surface area contributed by atoms with Gasteiger partial charge in [-0.2, -0.15) is 0 Å². The van der Waals surface area contributed by atoms with Crippen molar-refractivity contribution in [2.75, 3.05) is 0 Å². The topological polar surface area (TPSA) is 38.9 Å². The monoisotopic (exact) mass is 354 g/mol. The van der Waals surface area contributed by atoms with Gasteiger partial charge >= 0.3 is 0 Å². The predicted molar refractivity (Wildman–Crippen MR) is 108 cm³/mol. The average molecular weight is 354 g/mol. The Labute approximate surface area is 159 Å². The Morgan fingerprint density at radius 3 is 2.04 bits per heavy atom. The smallest absolute Gasteiger partial charge is 0.165 e. The molecular weight excluding hydrogens is 332 g/mol. The van der Waals surface area contributed by atoms with Gasteiger partial charge in [0, 0.05) is 17.3 Å². The summed E-state index contributed by atoms with van der Waals surface area (Å²) >= 11 is 0. The fraction of sp³-hybridized carbons (Fsp3) is 0.167. The van der Waals surface area contributed by atoms with Crippen molar-refractivity contribution >= 4 is 0 Å². The maximum Gasteiger partial charge on any atom is 0.165 e. The van der Waals surface area contributed by atoms with Gasteiger partial charge in [0.15, 0.2) is 5.76 Å². The third-order valence-electron chi connectivity index (χ3n) is 4.81. The Morgan fingerprint density at radius 2 is 1.26 bits per heavy atom. The molecule has 3 heteroatoms. The summed E-state index contributed by atoms with van der Waals surface area (Å²) in [7, 11) is 0. The zero-order chi connectivity index (χ0) is 18.3. The second-order valence-electron chi connectivity index (χ2n) is 6.64. The second-order valence-corrected chi connectivity index (χ2v) is 6.64. The molecular formula is C24H22N2O. The predicted octanol–water partition coefficient (Wildman–Crippen LogP) is 5.97. The zero-order valence-corrected chi connectivity index (χ0v) is 15.2. The summed E-state index contributed by atoms with van der Waals surface area (Å²) in [5, 5.41) is 7.92. The van der Waals surface area contributed by atoms with Gasteiger partial charge in [0.05, 0.1) is 0 Å². The lowest BCUT2D eigenvalue weighted by molar-refractivity contribution is 0.359. The van der Waals surface area contributed by atoms with Crippen molar-refractivity contribution < 1.29 is 4.52 Å². The summed E-state index contributed by atoms with van der Waals surface area (Å²) in [6, 6.07) is 29.3. The highest BCUT2D eigenvalue weighted by atomic mass is 16.5. The van der Waals surface area contributed by atoms with E-state index in [1.807, 2.05) is 30.3 Å². The van der Waals surface area contributed by atoms with E-state index in [0.717, 1.165) is 42.7 Å². The fourth-order valence-electron chi connectivity index (χ4n) is 3.43. The SMILES string of the molecule is c1ccc(-c2ccccc2CCCCc2onnc2-c2ccccc2)cc1. The largest absolute Gasteiger partial charge is 0.341 e. The zero-order valence-electron chi connectivity index (χ0n) is 15.2. The molecule has 0 radical (unpaired) electrons. The van der Waals surface area contributed by atoms with Crippen molar-refractivity contribution in [1.82, 2.24) is 10.4 Å². The van der Waals surface area contributed by atoms with E-state index in [4.69, 9.17) is 4.52 Å². The maximum atomic E-state index is 5.40. The lowest BCUT2D eigenvalue weighted by Crippen LogP contribution is -1.93. The molecule has 0 saturated carbocycles. The summed E-state index contributed by atoms with van der Waals surface area (Å²) in [4.78, 5) is 0. The van der Waals surface area contributed by atoms with Crippen molar-refractivity contribution in [2.24, 2.45) is 0 Å². The van der Waals surface area contributed by atoms with Crippen LogP contribution in [0.5, 0.6) is 0 Å². The number of rotatable bonds is 7. The Hall–Kier alpha value is -3.20. The van der Waals surface area contributed by atoms with Crippen LogP contribution in [-0.4, -0.2) is 10.4 Å². The van der Waals surface area contributed by atoms with Gasteiger partial charge in [-0.05, 0) is 36.0 Å². The number of hydrogen-bond acceptors (Lipinski definition) is 3. The first-order chi connectivity index (χ1) is 13.4. The molecule has 0 amide bonds. The number of aromatic nitrogens is 2. The molecule has 4 aromatic rings. The average Bonchev–Trinajstić information content (AvgIpc) is 3.21. The first-order valence-corrected chi connectivity index (χ1v) is 9.42.